The molecule has 5 heteroatoms. The minimum atomic E-state index is 0.145. The van der Waals surface area contributed by atoms with Gasteiger partial charge in [-0.1, -0.05) is 78.9 Å². The highest BCUT2D eigenvalue weighted by atomic mass is 16.5. The lowest BCUT2D eigenvalue weighted by Crippen LogP contribution is -2.65. The topological polar surface area (TPSA) is 17.4 Å². The van der Waals surface area contributed by atoms with Crippen LogP contribution in [0.2, 0.25) is 0 Å². The maximum absolute atomic E-state index is 6.58. The SMILES string of the molecule is c1ccc(N2c3ccccc3B3c4cccc5c4-n4c6c7c(ccc6c6ccc2c3c64)Oc2ccccc2B57)cc1. The molecule has 0 fully saturated rings. The number of anilines is 3. The number of benzene rings is 6. The molecule has 4 aliphatic heterocycles. The maximum atomic E-state index is 6.58. The fourth-order valence-electron chi connectivity index (χ4n) is 8.40. The first-order chi connectivity index (χ1) is 20.4. The van der Waals surface area contributed by atoms with Crippen molar-refractivity contribution in [2.45, 2.75) is 0 Å². The van der Waals surface area contributed by atoms with Crippen LogP contribution in [0.15, 0.2) is 121 Å². The standard InChI is InChI=1S/C36H20B2N2O/c1-2-9-21(10-3-1)39-28-15-6-4-11-24(28)37-26-13-8-14-27-36(26)40-34-22(17-19-29(39)32(34)37)23-18-20-31-33(35(23)40)38(27)25-12-5-7-16-30(25)41-31/h1-20H. The van der Waals surface area contributed by atoms with E-state index in [-0.39, 0.29) is 13.4 Å². The average Bonchev–Trinajstić information content (AvgIpc) is 3.38. The molecular weight excluding hydrogens is 498 g/mol. The van der Waals surface area contributed by atoms with Gasteiger partial charge in [0.2, 0.25) is 0 Å². The van der Waals surface area contributed by atoms with Gasteiger partial charge in [0, 0.05) is 33.5 Å². The van der Waals surface area contributed by atoms with Crippen LogP contribution in [0.25, 0.3) is 27.5 Å². The molecule has 0 atom stereocenters. The van der Waals surface area contributed by atoms with Gasteiger partial charge in [0.15, 0.2) is 0 Å². The van der Waals surface area contributed by atoms with Crippen LogP contribution in [0.5, 0.6) is 11.5 Å². The van der Waals surface area contributed by atoms with Crippen molar-refractivity contribution in [1.82, 2.24) is 4.57 Å². The molecular formula is C36H20B2N2O. The number of nitrogens with zero attached hydrogens (tertiary/aromatic N) is 2. The first-order valence-electron chi connectivity index (χ1n) is 14.4. The molecule has 1 aromatic heterocycles. The maximum Gasteiger partial charge on any atom is 0.256 e. The lowest BCUT2D eigenvalue weighted by molar-refractivity contribution is 0.488. The Bertz CT molecular complexity index is 2320. The molecule has 0 unspecified atom stereocenters. The number of aromatic nitrogens is 1. The molecule has 0 N–H and O–H groups in total. The van der Waals surface area contributed by atoms with Crippen molar-refractivity contribution in [3.8, 4) is 17.2 Å². The molecule has 41 heavy (non-hydrogen) atoms. The first-order valence-corrected chi connectivity index (χ1v) is 14.4. The summed E-state index contributed by atoms with van der Waals surface area (Å²) in [5.74, 6) is 1.94. The van der Waals surface area contributed by atoms with Gasteiger partial charge < -0.3 is 14.2 Å². The van der Waals surface area contributed by atoms with Crippen LogP contribution in [-0.4, -0.2) is 18.0 Å². The Hall–Kier alpha value is -5.15. The van der Waals surface area contributed by atoms with Crippen molar-refractivity contribution in [2.75, 3.05) is 4.90 Å². The van der Waals surface area contributed by atoms with Gasteiger partial charge in [0.1, 0.15) is 11.5 Å². The molecule has 0 aliphatic carbocycles. The lowest BCUT2D eigenvalue weighted by Gasteiger charge is -2.42. The van der Waals surface area contributed by atoms with E-state index in [0.717, 1.165) is 11.5 Å². The van der Waals surface area contributed by atoms with Gasteiger partial charge in [-0.3, -0.25) is 0 Å². The van der Waals surface area contributed by atoms with Crippen LogP contribution in [0.1, 0.15) is 0 Å². The van der Waals surface area contributed by atoms with Crippen molar-refractivity contribution in [3.63, 3.8) is 0 Å². The molecule has 0 saturated carbocycles. The summed E-state index contributed by atoms with van der Waals surface area (Å²) < 4.78 is 9.17. The number of ether oxygens (including phenoxy) is 1. The highest BCUT2D eigenvalue weighted by Crippen LogP contribution is 2.44. The van der Waals surface area contributed by atoms with E-state index in [2.05, 4.69) is 131 Å². The first kappa shape index (κ1) is 20.7. The minimum Gasteiger partial charge on any atom is -0.458 e. The van der Waals surface area contributed by atoms with Crippen molar-refractivity contribution < 1.29 is 4.74 Å². The molecule has 0 saturated heterocycles. The predicted molar refractivity (Wildman–Crippen MR) is 171 cm³/mol. The summed E-state index contributed by atoms with van der Waals surface area (Å²) in [7, 11) is 0. The average molecular weight is 518 g/mol. The van der Waals surface area contributed by atoms with Crippen LogP contribution in [-0.2, 0) is 0 Å². The molecule has 5 heterocycles. The summed E-state index contributed by atoms with van der Waals surface area (Å²) in [4.78, 5) is 2.46. The van der Waals surface area contributed by atoms with Gasteiger partial charge in [-0.15, -0.1) is 0 Å². The summed E-state index contributed by atoms with van der Waals surface area (Å²) in [5.41, 5.74) is 15.8. The Balaban J connectivity index is 1.37. The largest absolute Gasteiger partial charge is 0.458 e. The summed E-state index contributed by atoms with van der Waals surface area (Å²) in [5, 5.41) is 2.62. The van der Waals surface area contributed by atoms with Gasteiger partial charge in [0.25, 0.3) is 13.4 Å². The summed E-state index contributed by atoms with van der Waals surface area (Å²) >= 11 is 0. The predicted octanol–water partition coefficient (Wildman–Crippen LogP) is 4.33. The molecule has 7 aromatic rings. The van der Waals surface area contributed by atoms with Crippen LogP contribution < -0.4 is 42.4 Å². The normalized spacial score (nSPS) is 14.4. The zero-order valence-electron chi connectivity index (χ0n) is 22.0. The van der Waals surface area contributed by atoms with Crippen molar-refractivity contribution in [2.24, 2.45) is 0 Å². The van der Waals surface area contributed by atoms with E-state index in [1.54, 1.807) is 0 Å². The third kappa shape index (κ3) is 2.27. The van der Waals surface area contributed by atoms with Crippen molar-refractivity contribution in [1.29, 1.82) is 0 Å². The Morgan fingerprint density at radius 1 is 0.463 bits per heavy atom. The monoisotopic (exact) mass is 518 g/mol. The van der Waals surface area contributed by atoms with Crippen molar-refractivity contribution in [3.05, 3.63) is 121 Å². The van der Waals surface area contributed by atoms with Gasteiger partial charge in [0.05, 0.1) is 11.0 Å². The highest BCUT2D eigenvalue weighted by Gasteiger charge is 2.47. The molecule has 3 nitrogen and oxygen atoms in total. The molecule has 0 amide bonds. The van der Waals surface area contributed by atoms with Crippen LogP contribution in [0.4, 0.5) is 17.1 Å². The Morgan fingerprint density at radius 3 is 1.98 bits per heavy atom. The van der Waals surface area contributed by atoms with E-state index < -0.39 is 0 Å². The van der Waals surface area contributed by atoms with Gasteiger partial charge in [-0.2, -0.15) is 0 Å². The zero-order chi connectivity index (χ0) is 26.4. The molecule has 6 aromatic carbocycles. The van der Waals surface area contributed by atoms with E-state index >= 15 is 0 Å². The van der Waals surface area contributed by atoms with E-state index in [0.29, 0.717) is 0 Å². The molecule has 0 spiro atoms. The van der Waals surface area contributed by atoms with E-state index in [1.165, 1.54) is 77.3 Å². The highest BCUT2D eigenvalue weighted by molar-refractivity contribution is 7.03. The second kappa shape index (κ2) is 6.94. The third-order valence-electron chi connectivity index (χ3n) is 9.82. The Labute approximate surface area is 237 Å². The zero-order valence-corrected chi connectivity index (χ0v) is 22.0. The van der Waals surface area contributed by atoms with Crippen molar-refractivity contribution >= 4 is 85.1 Å². The van der Waals surface area contributed by atoms with Gasteiger partial charge >= 0.3 is 0 Å². The van der Waals surface area contributed by atoms with Gasteiger partial charge in [-0.05, 0) is 75.2 Å². The third-order valence-corrected chi connectivity index (χ3v) is 9.82. The lowest BCUT2D eigenvalue weighted by atomic mass is 9.30. The summed E-state index contributed by atoms with van der Waals surface area (Å²) in [6, 6.07) is 44.6. The number of para-hydroxylation sites is 4. The number of fused-ring (bicyclic) bond motifs is 7. The fourth-order valence-corrected chi connectivity index (χ4v) is 8.40. The van der Waals surface area contributed by atoms with E-state index in [4.69, 9.17) is 4.74 Å². The number of hydrogen-bond donors (Lipinski definition) is 0. The van der Waals surface area contributed by atoms with Gasteiger partial charge in [-0.25, -0.2) is 0 Å². The fraction of sp³-hybridized carbons (Fsp3) is 0. The quantitative estimate of drug-likeness (QED) is 0.301. The molecule has 4 aliphatic rings. The second-order valence-electron chi connectivity index (χ2n) is 11.6. The number of hydrogen-bond acceptors (Lipinski definition) is 2. The molecule has 11 rings (SSSR count). The minimum absolute atomic E-state index is 0.145. The number of rotatable bonds is 1. The second-order valence-corrected chi connectivity index (χ2v) is 11.6. The Kier molecular flexibility index (Phi) is 3.51. The van der Waals surface area contributed by atoms with Crippen LogP contribution >= 0.6 is 0 Å². The van der Waals surface area contributed by atoms with Crippen LogP contribution in [0, 0.1) is 0 Å². The molecule has 0 radical (unpaired) electrons. The molecule has 0 bridgehead atoms. The summed E-state index contributed by atoms with van der Waals surface area (Å²) in [6.07, 6.45) is 0. The van der Waals surface area contributed by atoms with E-state index in [1.807, 2.05) is 0 Å². The summed E-state index contributed by atoms with van der Waals surface area (Å²) in [6.45, 7) is 0.304. The Morgan fingerprint density at radius 2 is 1.12 bits per heavy atom. The van der Waals surface area contributed by atoms with E-state index in [9.17, 15) is 0 Å². The molecule has 186 valence electrons. The van der Waals surface area contributed by atoms with Crippen LogP contribution in [0.3, 0.4) is 0 Å². The smallest absolute Gasteiger partial charge is 0.256 e.